The molecule has 1 aromatic heterocycles. The molecular weight excluding hydrogens is 244 g/mol. The largest absolute Gasteiger partial charge is 0.347 e. The normalized spacial score (nSPS) is 10.7. The van der Waals surface area contributed by atoms with E-state index in [4.69, 9.17) is 16.9 Å². The summed E-state index contributed by atoms with van der Waals surface area (Å²) < 4.78 is 2.24. The monoisotopic (exact) mass is 260 g/mol. The third-order valence-corrected chi connectivity index (χ3v) is 3.53. The van der Waals surface area contributed by atoms with Gasteiger partial charge in [0.05, 0.1) is 11.6 Å². The molecule has 1 heterocycles. The van der Waals surface area contributed by atoms with Gasteiger partial charge < -0.3 is 4.57 Å². The summed E-state index contributed by atoms with van der Waals surface area (Å²) in [4.78, 5) is 0. The summed E-state index contributed by atoms with van der Waals surface area (Å²) in [5, 5.41) is 10.2. The van der Waals surface area contributed by atoms with Crippen LogP contribution in [0, 0.1) is 11.3 Å². The molecule has 94 valence electrons. The molecule has 0 atom stereocenters. The standard InChI is InChI=1S/C15H17ClN2/c1-2-18-11-13(5-3-4-8-16)14-9-12(10-17)6-7-15(14)18/h6-7,9,11H,2-5,8H2,1H3. The first-order valence-corrected chi connectivity index (χ1v) is 6.91. The molecule has 0 aliphatic rings. The van der Waals surface area contributed by atoms with E-state index in [2.05, 4.69) is 23.8 Å². The van der Waals surface area contributed by atoms with E-state index in [9.17, 15) is 0 Å². The van der Waals surface area contributed by atoms with E-state index in [0.717, 1.165) is 37.3 Å². The van der Waals surface area contributed by atoms with E-state index < -0.39 is 0 Å². The Morgan fingerprint density at radius 3 is 2.83 bits per heavy atom. The van der Waals surface area contributed by atoms with Gasteiger partial charge in [-0.25, -0.2) is 0 Å². The highest BCUT2D eigenvalue weighted by molar-refractivity contribution is 6.17. The summed E-state index contributed by atoms with van der Waals surface area (Å²) in [5.74, 6) is 0.718. The molecule has 0 aliphatic heterocycles. The van der Waals surface area contributed by atoms with Crippen LogP contribution >= 0.6 is 11.6 Å². The fourth-order valence-corrected chi connectivity index (χ4v) is 2.50. The van der Waals surface area contributed by atoms with Gasteiger partial charge in [-0.3, -0.25) is 0 Å². The number of rotatable bonds is 5. The first-order valence-electron chi connectivity index (χ1n) is 6.38. The molecule has 2 aromatic rings. The Morgan fingerprint density at radius 1 is 1.33 bits per heavy atom. The van der Waals surface area contributed by atoms with Gasteiger partial charge in [0.15, 0.2) is 0 Å². The zero-order valence-electron chi connectivity index (χ0n) is 10.6. The Labute approximate surface area is 113 Å². The highest BCUT2D eigenvalue weighted by atomic mass is 35.5. The minimum absolute atomic E-state index is 0.718. The zero-order chi connectivity index (χ0) is 13.0. The number of hydrogen-bond acceptors (Lipinski definition) is 1. The fraction of sp³-hybridized carbons (Fsp3) is 0.400. The first kappa shape index (κ1) is 13.0. The maximum absolute atomic E-state index is 8.99. The van der Waals surface area contributed by atoms with Gasteiger partial charge in [-0.05, 0) is 49.9 Å². The maximum Gasteiger partial charge on any atom is 0.0991 e. The number of aryl methyl sites for hydroxylation is 2. The zero-order valence-corrected chi connectivity index (χ0v) is 11.4. The van der Waals surface area contributed by atoms with Crippen LogP contribution in [-0.2, 0) is 13.0 Å². The summed E-state index contributed by atoms with van der Waals surface area (Å²) in [5.41, 5.74) is 3.28. The van der Waals surface area contributed by atoms with Crippen molar-refractivity contribution in [1.29, 1.82) is 5.26 Å². The Hall–Kier alpha value is -1.46. The van der Waals surface area contributed by atoms with Gasteiger partial charge in [0.1, 0.15) is 0 Å². The molecule has 18 heavy (non-hydrogen) atoms. The molecule has 0 spiro atoms. The number of alkyl halides is 1. The van der Waals surface area contributed by atoms with Gasteiger partial charge in [0.2, 0.25) is 0 Å². The summed E-state index contributed by atoms with van der Waals surface area (Å²) in [6.45, 7) is 3.10. The lowest BCUT2D eigenvalue weighted by Gasteiger charge is -1.99. The van der Waals surface area contributed by atoms with Crippen molar-refractivity contribution in [3.8, 4) is 6.07 Å². The van der Waals surface area contributed by atoms with E-state index in [1.807, 2.05) is 18.2 Å². The van der Waals surface area contributed by atoms with Crippen LogP contribution < -0.4 is 0 Å². The van der Waals surface area contributed by atoms with Crippen LogP contribution in [-0.4, -0.2) is 10.4 Å². The molecule has 0 fully saturated rings. The fourth-order valence-electron chi connectivity index (χ4n) is 2.31. The molecule has 0 aliphatic carbocycles. The van der Waals surface area contributed by atoms with Crippen molar-refractivity contribution in [2.24, 2.45) is 0 Å². The van der Waals surface area contributed by atoms with Gasteiger partial charge >= 0.3 is 0 Å². The first-order chi connectivity index (χ1) is 8.80. The van der Waals surface area contributed by atoms with Crippen molar-refractivity contribution in [3.05, 3.63) is 35.5 Å². The Bertz CT molecular complexity index is 578. The van der Waals surface area contributed by atoms with Gasteiger partial charge in [-0.2, -0.15) is 5.26 Å². The Kier molecular flexibility index (Phi) is 4.28. The van der Waals surface area contributed by atoms with Crippen molar-refractivity contribution < 1.29 is 0 Å². The van der Waals surface area contributed by atoms with Crippen LogP contribution in [0.4, 0.5) is 0 Å². The van der Waals surface area contributed by atoms with Gasteiger partial charge in [0, 0.05) is 29.5 Å². The van der Waals surface area contributed by atoms with Crippen LogP contribution in [0.15, 0.2) is 24.4 Å². The van der Waals surface area contributed by atoms with E-state index in [1.54, 1.807) is 0 Å². The van der Waals surface area contributed by atoms with Gasteiger partial charge in [-0.15, -0.1) is 11.6 Å². The average Bonchev–Trinajstić information content (AvgIpc) is 2.76. The summed E-state index contributed by atoms with van der Waals surface area (Å²) in [6, 6.07) is 8.14. The van der Waals surface area contributed by atoms with Crippen LogP contribution in [0.25, 0.3) is 10.9 Å². The lowest BCUT2D eigenvalue weighted by atomic mass is 10.1. The number of aromatic nitrogens is 1. The topological polar surface area (TPSA) is 28.7 Å². The third kappa shape index (κ3) is 2.52. The van der Waals surface area contributed by atoms with E-state index in [-0.39, 0.29) is 0 Å². The summed E-state index contributed by atoms with van der Waals surface area (Å²) >= 11 is 5.72. The number of nitriles is 1. The minimum Gasteiger partial charge on any atom is -0.347 e. The number of nitrogens with zero attached hydrogens (tertiary/aromatic N) is 2. The second kappa shape index (κ2) is 5.93. The molecule has 0 radical (unpaired) electrons. The molecule has 0 unspecified atom stereocenters. The number of halogens is 1. The highest BCUT2D eigenvalue weighted by Crippen LogP contribution is 2.24. The number of fused-ring (bicyclic) bond motifs is 1. The van der Waals surface area contributed by atoms with E-state index in [0.29, 0.717) is 0 Å². The highest BCUT2D eigenvalue weighted by Gasteiger charge is 2.08. The van der Waals surface area contributed by atoms with Crippen molar-refractivity contribution in [2.75, 3.05) is 5.88 Å². The molecule has 0 saturated heterocycles. The molecule has 0 amide bonds. The molecule has 0 bridgehead atoms. The van der Waals surface area contributed by atoms with E-state index in [1.165, 1.54) is 16.5 Å². The van der Waals surface area contributed by atoms with Crippen molar-refractivity contribution in [2.45, 2.75) is 32.7 Å². The molecule has 3 heteroatoms. The van der Waals surface area contributed by atoms with Crippen molar-refractivity contribution in [1.82, 2.24) is 4.57 Å². The minimum atomic E-state index is 0.718. The van der Waals surface area contributed by atoms with Crippen molar-refractivity contribution >= 4 is 22.5 Å². The third-order valence-electron chi connectivity index (χ3n) is 3.26. The number of hydrogen-bond donors (Lipinski definition) is 0. The molecule has 2 rings (SSSR count). The SMILES string of the molecule is CCn1cc(CCCCCl)c2cc(C#N)ccc21. The van der Waals surface area contributed by atoms with Crippen LogP contribution in [0.1, 0.15) is 30.9 Å². The van der Waals surface area contributed by atoms with Crippen molar-refractivity contribution in [3.63, 3.8) is 0 Å². The van der Waals surface area contributed by atoms with Crippen LogP contribution in [0.5, 0.6) is 0 Å². The second-order valence-electron chi connectivity index (χ2n) is 4.43. The quantitative estimate of drug-likeness (QED) is 0.588. The molecule has 2 nitrogen and oxygen atoms in total. The predicted octanol–water partition coefficient (Wildman–Crippen LogP) is 4.09. The smallest absolute Gasteiger partial charge is 0.0991 e. The lowest BCUT2D eigenvalue weighted by molar-refractivity contribution is 0.772. The Balaban J connectivity index is 2.41. The predicted molar refractivity (Wildman–Crippen MR) is 76.0 cm³/mol. The Morgan fingerprint density at radius 2 is 2.17 bits per heavy atom. The molecule has 0 N–H and O–H groups in total. The molecular formula is C15H17ClN2. The van der Waals surface area contributed by atoms with Gasteiger partial charge in [0.25, 0.3) is 0 Å². The molecule has 0 saturated carbocycles. The summed E-state index contributed by atoms with van der Waals surface area (Å²) in [6.07, 6.45) is 5.38. The summed E-state index contributed by atoms with van der Waals surface area (Å²) in [7, 11) is 0. The maximum atomic E-state index is 8.99. The van der Waals surface area contributed by atoms with Crippen LogP contribution in [0.3, 0.4) is 0 Å². The second-order valence-corrected chi connectivity index (χ2v) is 4.81. The van der Waals surface area contributed by atoms with E-state index >= 15 is 0 Å². The molecule has 1 aromatic carbocycles. The van der Waals surface area contributed by atoms with Gasteiger partial charge in [-0.1, -0.05) is 0 Å². The average molecular weight is 261 g/mol. The number of unbranched alkanes of at least 4 members (excludes halogenated alkanes) is 1. The lowest BCUT2D eigenvalue weighted by Crippen LogP contribution is -1.90. The number of benzene rings is 1. The van der Waals surface area contributed by atoms with Crippen LogP contribution in [0.2, 0.25) is 0 Å².